The topological polar surface area (TPSA) is 76.1 Å². The van der Waals surface area contributed by atoms with E-state index in [2.05, 4.69) is 41.8 Å². The molecule has 0 fully saturated rings. The molecule has 1 aliphatic heterocycles. The van der Waals surface area contributed by atoms with Crippen LogP contribution < -0.4 is 0 Å². The molecular formula is C20H19BrN4O2S. The lowest BCUT2D eigenvalue weighted by molar-refractivity contribution is 0.242. The normalized spacial score (nSPS) is 14.6. The quantitative estimate of drug-likeness (QED) is 0.558. The highest BCUT2D eigenvalue weighted by Crippen LogP contribution is 2.22. The maximum atomic E-state index is 11.6. The minimum atomic E-state index is -3.37. The molecule has 0 bridgehead atoms. The van der Waals surface area contributed by atoms with Crippen molar-refractivity contribution in [3.8, 4) is 11.3 Å². The molecule has 3 aromatic rings. The van der Waals surface area contributed by atoms with E-state index in [1.807, 2.05) is 36.5 Å². The van der Waals surface area contributed by atoms with Gasteiger partial charge in [0.05, 0.1) is 11.4 Å². The molecule has 6 nitrogen and oxygen atoms in total. The molecule has 28 heavy (non-hydrogen) atoms. The molecule has 0 unspecified atom stereocenters. The van der Waals surface area contributed by atoms with Crippen molar-refractivity contribution < 1.29 is 8.42 Å². The first-order valence-corrected chi connectivity index (χ1v) is 11.5. The number of hydrogen-bond acceptors (Lipinski definition) is 6. The molecule has 0 saturated carbocycles. The van der Waals surface area contributed by atoms with Crippen molar-refractivity contribution in [2.45, 2.75) is 24.7 Å². The number of benzene rings is 1. The zero-order valence-corrected chi connectivity index (χ0v) is 17.7. The monoisotopic (exact) mass is 458 g/mol. The average Bonchev–Trinajstić information content (AvgIpc) is 2.68. The first-order valence-electron chi connectivity index (χ1n) is 8.86. The molecule has 0 atom stereocenters. The molecule has 1 aromatic carbocycles. The molecule has 0 saturated heterocycles. The summed E-state index contributed by atoms with van der Waals surface area (Å²) in [7, 11) is -3.37. The van der Waals surface area contributed by atoms with Gasteiger partial charge in [-0.2, -0.15) is 0 Å². The van der Waals surface area contributed by atoms with E-state index in [0.717, 1.165) is 51.9 Å². The van der Waals surface area contributed by atoms with Crippen LogP contribution in [-0.2, 0) is 29.3 Å². The smallest absolute Gasteiger partial charge is 0.246 e. The van der Waals surface area contributed by atoms with Crippen molar-refractivity contribution in [2.24, 2.45) is 0 Å². The second kappa shape index (κ2) is 7.69. The summed E-state index contributed by atoms with van der Waals surface area (Å²) in [6, 6.07) is 12.2. The fourth-order valence-corrected chi connectivity index (χ4v) is 4.02. The molecule has 0 N–H and O–H groups in total. The summed E-state index contributed by atoms with van der Waals surface area (Å²) < 4.78 is 24.3. The predicted molar refractivity (Wildman–Crippen MR) is 110 cm³/mol. The number of rotatable bonds is 4. The Bertz CT molecular complexity index is 1100. The largest absolute Gasteiger partial charge is 0.294 e. The molecule has 1 aliphatic rings. The summed E-state index contributed by atoms with van der Waals surface area (Å²) in [6.45, 7) is 2.30. The number of fused-ring (bicyclic) bond motifs is 1. The number of nitrogens with zero attached hydrogens (tertiary/aromatic N) is 4. The van der Waals surface area contributed by atoms with Crippen molar-refractivity contribution in [3.05, 3.63) is 70.1 Å². The molecule has 0 spiro atoms. The van der Waals surface area contributed by atoms with E-state index in [1.54, 1.807) is 6.20 Å². The van der Waals surface area contributed by atoms with Crippen LogP contribution in [0.4, 0.5) is 0 Å². The van der Waals surface area contributed by atoms with Crippen LogP contribution in [0.25, 0.3) is 11.3 Å². The lowest BCUT2D eigenvalue weighted by Gasteiger charge is -2.27. The first kappa shape index (κ1) is 19.2. The Morgan fingerprint density at radius 1 is 1.07 bits per heavy atom. The SMILES string of the molecule is CS(=O)(=O)c1ncc2c(n1)CCN(Cc1ccc(-c3ccc(Br)cc3)nc1)C2. The fraction of sp³-hybridized carbons (Fsp3) is 0.250. The zero-order valence-electron chi connectivity index (χ0n) is 15.3. The lowest BCUT2D eigenvalue weighted by atomic mass is 10.1. The lowest BCUT2D eigenvalue weighted by Crippen LogP contribution is -2.31. The third-order valence-corrected chi connectivity index (χ3v) is 6.08. The summed E-state index contributed by atoms with van der Waals surface area (Å²) >= 11 is 3.45. The minimum absolute atomic E-state index is 0.0903. The second-order valence-electron chi connectivity index (χ2n) is 6.92. The van der Waals surface area contributed by atoms with Crippen LogP contribution in [0.3, 0.4) is 0 Å². The van der Waals surface area contributed by atoms with E-state index in [9.17, 15) is 8.42 Å². The van der Waals surface area contributed by atoms with Crippen molar-refractivity contribution in [1.29, 1.82) is 0 Å². The van der Waals surface area contributed by atoms with Crippen LogP contribution >= 0.6 is 15.9 Å². The molecule has 2 aromatic heterocycles. The summed E-state index contributed by atoms with van der Waals surface area (Å²) in [5, 5.41) is -0.0903. The Hall–Kier alpha value is -2.16. The van der Waals surface area contributed by atoms with Crippen molar-refractivity contribution >= 4 is 25.8 Å². The molecule has 0 radical (unpaired) electrons. The first-order chi connectivity index (χ1) is 13.4. The minimum Gasteiger partial charge on any atom is -0.294 e. The van der Waals surface area contributed by atoms with Crippen LogP contribution in [0, 0.1) is 0 Å². The van der Waals surface area contributed by atoms with Crippen LogP contribution in [0.5, 0.6) is 0 Å². The van der Waals surface area contributed by atoms with Crippen LogP contribution in [-0.4, -0.2) is 41.1 Å². The Balaban J connectivity index is 1.45. The molecule has 144 valence electrons. The Morgan fingerprint density at radius 2 is 1.86 bits per heavy atom. The maximum absolute atomic E-state index is 11.6. The van der Waals surface area contributed by atoms with Gasteiger partial charge >= 0.3 is 0 Å². The molecule has 0 aliphatic carbocycles. The highest BCUT2D eigenvalue weighted by atomic mass is 79.9. The van der Waals surface area contributed by atoms with Crippen LogP contribution in [0.2, 0.25) is 0 Å². The summed E-state index contributed by atoms with van der Waals surface area (Å²) in [4.78, 5) is 15.1. The van der Waals surface area contributed by atoms with Gasteiger partial charge in [0, 0.05) is 60.3 Å². The molecule has 0 amide bonds. The van der Waals surface area contributed by atoms with Gasteiger partial charge in [0.15, 0.2) is 0 Å². The van der Waals surface area contributed by atoms with Gasteiger partial charge in [0.25, 0.3) is 0 Å². The van der Waals surface area contributed by atoms with E-state index in [4.69, 9.17) is 0 Å². The van der Waals surface area contributed by atoms with Gasteiger partial charge in [0.1, 0.15) is 0 Å². The van der Waals surface area contributed by atoms with Gasteiger partial charge in [0.2, 0.25) is 15.0 Å². The fourth-order valence-electron chi connectivity index (χ4n) is 3.24. The van der Waals surface area contributed by atoms with Crippen molar-refractivity contribution in [3.63, 3.8) is 0 Å². The standard InChI is InChI=1S/C20H19BrN4O2S/c1-28(26,27)20-23-11-16-13-25(9-8-19(16)24-20)12-14-2-7-18(22-10-14)15-3-5-17(21)6-4-15/h2-7,10-11H,8-9,12-13H2,1H3. The predicted octanol–water partition coefficient (Wildman–Crippen LogP) is 3.26. The highest BCUT2D eigenvalue weighted by molar-refractivity contribution is 9.10. The van der Waals surface area contributed by atoms with Gasteiger partial charge in [-0.3, -0.25) is 9.88 Å². The number of halogens is 1. The maximum Gasteiger partial charge on any atom is 0.246 e. The van der Waals surface area contributed by atoms with E-state index in [0.29, 0.717) is 13.0 Å². The average molecular weight is 459 g/mol. The number of hydrogen-bond donors (Lipinski definition) is 0. The Labute approximate surface area is 172 Å². The van der Waals surface area contributed by atoms with Gasteiger partial charge in [-0.05, 0) is 23.8 Å². The third-order valence-electron chi connectivity index (χ3n) is 4.69. The summed E-state index contributed by atoms with van der Waals surface area (Å²) in [5.74, 6) is 0. The number of pyridine rings is 1. The van der Waals surface area contributed by atoms with Gasteiger partial charge < -0.3 is 0 Å². The van der Waals surface area contributed by atoms with Crippen molar-refractivity contribution in [1.82, 2.24) is 19.9 Å². The highest BCUT2D eigenvalue weighted by Gasteiger charge is 2.21. The van der Waals surface area contributed by atoms with Gasteiger partial charge in [-0.25, -0.2) is 18.4 Å². The van der Waals surface area contributed by atoms with Crippen molar-refractivity contribution in [2.75, 3.05) is 12.8 Å². The van der Waals surface area contributed by atoms with Gasteiger partial charge in [-0.15, -0.1) is 0 Å². The van der Waals surface area contributed by atoms with E-state index in [-0.39, 0.29) is 5.16 Å². The number of sulfone groups is 1. The van der Waals surface area contributed by atoms with Crippen LogP contribution in [0.15, 0.2) is 58.4 Å². The van der Waals surface area contributed by atoms with Gasteiger partial charge in [-0.1, -0.05) is 34.1 Å². The molecule has 8 heteroatoms. The number of aromatic nitrogens is 3. The molecule has 4 rings (SSSR count). The summed E-state index contributed by atoms with van der Waals surface area (Å²) in [5.41, 5.74) is 4.98. The van der Waals surface area contributed by atoms with E-state index >= 15 is 0 Å². The Kier molecular flexibility index (Phi) is 5.27. The van der Waals surface area contributed by atoms with E-state index in [1.165, 1.54) is 0 Å². The summed E-state index contributed by atoms with van der Waals surface area (Å²) in [6.07, 6.45) is 5.40. The van der Waals surface area contributed by atoms with E-state index < -0.39 is 9.84 Å². The Morgan fingerprint density at radius 3 is 2.54 bits per heavy atom. The second-order valence-corrected chi connectivity index (χ2v) is 9.74. The molecule has 3 heterocycles. The zero-order chi connectivity index (χ0) is 19.7. The van der Waals surface area contributed by atoms with Crippen LogP contribution in [0.1, 0.15) is 16.8 Å². The third kappa shape index (κ3) is 4.29. The molecular weight excluding hydrogens is 440 g/mol.